The maximum absolute atomic E-state index is 4.92. The Bertz CT molecular complexity index is 1160. The van der Waals surface area contributed by atoms with Crippen molar-refractivity contribution < 1.29 is 0 Å². The topological polar surface area (TPSA) is 12.9 Å². The van der Waals surface area contributed by atoms with Gasteiger partial charge in [0.2, 0.25) is 0 Å². The second-order valence-electron chi connectivity index (χ2n) is 5.65. The zero-order valence-electron chi connectivity index (χ0n) is 12.4. The van der Waals surface area contributed by atoms with Crippen molar-refractivity contribution in [3.63, 3.8) is 0 Å². The van der Waals surface area contributed by atoms with Crippen LogP contribution in [0.15, 0.2) is 78.9 Å². The Hall–Kier alpha value is -2.71. The van der Waals surface area contributed by atoms with Gasteiger partial charge in [-0.05, 0) is 17.7 Å². The lowest BCUT2D eigenvalue weighted by molar-refractivity contribution is 1.54. The highest BCUT2D eigenvalue weighted by Crippen LogP contribution is 2.42. The molecule has 0 N–H and O–H groups in total. The highest BCUT2D eigenvalue weighted by atomic mass is 32.1. The van der Waals surface area contributed by atoms with E-state index in [2.05, 4.69) is 78.9 Å². The SMILES string of the molecule is c1ccc(-c2c3ccccc3nc3sc4ccccc4c23)cc1. The minimum atomic E-state index is 1.06. The molecule has 108 valence electrons. The van der Waals surface area contributed by atoms with Crippen molar-refractivity contribution in [2.24, 2.45) is 0 Å². The molecule has 2 heterocycles. The van der Waals surface area contributed by atoms with E-state index in [1.807, 2.05) is 0 Å². The number of pyridine rings is 1. The summed E-state index contributed by atoms with van der Waals surface area (Å²) in [6.45, 7) is 0. The van der Waals surface area contributed by atoms with Crippen molar-refractivity contribution in [3.8, 4) is 11.1 Å². The smallest absolute Gasteiger partial charge is 0.125 e. The number of hydrogen-bond donors (Lipinski definition) is 0. The van der Waals surface area contributed by atoms with Gasteiger partial charge in [0.15, 0.2) is 0 Å². The third-order valence-corrected chi connectivity index (χ3v) is 5.35. The van der Waals surface area contributed by atoms with Gasteiger partial charge in [0.25, 0.3) is 0 Å². The predicted molar refractivity (Wildman–Crippen MR) is 100 cm³/mol. The molecule has 0 amide bonds. The van der Waals surface area contributed by atoms with Crippen LogP contribution in [-0.2, 0) is 0 Å². The lowest BCUT2D eigenvalue weighted by atomic mass is 9.96. The normalized spacial score (nSPS) is 11.5. The summed E-state index contributed by atoms with van der Waals surface area (Å²) in [4.78, 5) is 6.03. The van der Waals surface area contributed by atoms with Crippen molar-refractivity contribution in [1.82, 2.24) is 4.98 Å². The molecule has 0 radical (unpaired) electrons. The first-order chi connectivity index (χ1) is 11.4. The van der Waals surface area contributed by atoms with Crippen molar-refractivity contribution in [3.05, 3.63) is 78.9 Å². The molecule has 0 bridgehead atoms. The lowest BCUT2D eigenvalue weighted by Gasteiger charge is -2.09. The van der Waals surface area contributed by atoms with Gasteiger partial charge in [0.1, 0.15) is 4.83 Å². The Morgan fingerprint density at radius 3 is 2.22 bits per heavy atom. The fourth-order valence-corrected chi connectivity index (χ4v) is 4.38. The quantitative estimate of drug-likeness (QED) is 0.355. The van der Waals surface area contributed by atoms with Crippen LogP contribution in [0.4, 0.5) is 0 Å². The minimum absolute atomic E-state index is 1.06. The largest absolute Gasteiger partial charge is 0.237 e. The van der Waals surface area contributed by atoms with E-state index in [0.29, 0.717) is 0 Å². The molecule has 0 saturated heterocycles. The summed E-state index contributed by atoms with van der Waals surface area (Å²) >= 11 is 1.77. The number of benzene rings is 3. The third kappa shape index (κ3) is 1.89. The predicted octanol–water partition coefficient (Wildman–Crippen LogP) is 6.27. The molecule has 2 aromatic heterocycles. The molecule has 0 spiro atoms. The minimum Gasteiger partial charge on any atom is -0.237 e. The van der Waals surface area contributed by atoms with E-state index in [1.54, 1.807) is 11.3 Å². The zero-order chi connectivity index (χ0) is 15.2. The third-order valence-electron chi connectivity index (χ3n) is 4.28. The van der Waals surface area contributed by atoms with Gasteiger partial charge in [0, 0.05) is 26.4 Å². The first-order valence-electron chi connectivity index (χ1n) is 7.67. The molecular formula is C21H13NS. The van der Waals surface area contributed by atoms with E-state index in [1.165, 1.54) is 32.0 Å². The molecule has 23 heavy (non-hydrogen) atoms. The Balaban J connectivity index is 2.08. The number of hydrogen-bond acceptors (Lipinski definition) is 2. The van der Waals surface area contributed by atoms with Crippen molar-refractivity contribution in [1.29, 1.82) is 0 Å². The van der Waals surface area contributed by atoms with Crippen LogP contribution in [0.2, 0.25) is 0 Å². The Kier molecular flexibility index (Phi) is 2.73. The summed E-state index contributed by atoms with van der Waals surface area (Å²) in [5.41, 5.74) is 3.61. The van der Waals surface area contributed by atoms with Crippen LogP contribution < -0.4 is 0 Å². The van der Waals surface area contributed by atoms with Crippen LogP contribution >= 0.6 is 11.3 Å². The van der Waals surface area contributed by atoms with Gasteiger partial charge in [-0.3, -0.25) is 0 Å². The maximum Gasteiger partial charge on any atom is 0.125 e. The van der Waals surface area contributed by atoms with Crippen molar-refractivity contribution in [2.45, 2.75) is 0 Å². The highest BCUT2D eigenvalue weighted by Gasteiger charge is 2.15. The number of nitrogens with zero attached hydrogens (tertiary/aromatic N) is 1. The molecule has 5 aromatic rings. The second-order valence-corrected chi connectivity index (χ2v) is 6.68. The summed E-state index contributed by atoms with van der Waals surface area (Å²) in [6.07, 6.45) is 0. The van der Waals surface area contributed by atoms with Crippen LogP contribution in [0.3, 0.4) is 0 Å². The maximum atomic E-state index is 4.92. The summed E-state index contributed by atoms with van der Waals surface area (Å²) in [7, 11) is 0. The lowest BCUT2D eigenvalue weighted by Crippen LogP contribution is -1.86. The van der Waals surface area contributed by atoms with Gasteiger partial charge in [0.05, 0.1) is 5.52 Å². The monoisotopic (exact) mass is 311 g/mol. The fraction of sp³-hybridized carbons (Fsp3) is 0. The summed E-state index contributed by atoms with van der Waals surface area (Å²) in [5, 5.41) is 3.79. The molecule has 0 aliphatic carbocycles. The van der Waals surface area contributed by atoms with Crippen LogP contribution in [-0.4, -0.2) is 4.98 Å². The molecule has 0 aliphatic heterocycles. The van der Waals surface area contributed by atoms with Crippen LogP contribution in [0.5, 0.6) is 0 Å². The molecule has 0 saturated carbocycles. The molecule has 1 nitrogen and oxygen atoms in total. The second kappa shape index (κ2) is 4.90. The van der Waals surface area contributed by atoms with Crippen LogP contribution in [0, 0.1) is 0 Å². The number of aromatic nitrogens is 1. The summed E-state index contributed by atoms with van der Waals surface area (Å²) < 4.78 is 1.29. The zero-order valence-corrected chi connectivity index (χ0v) is 13.2. The van der Waals surface area contributed by atoms with E-state index < -0.39 is 0 Å². The van der Waals surface area contributed by atoms with Crippen molar-refractivity contribution >= 4 is 42.5 Å². The van der Waals surface area contributed by atoms with Crippen LogP contribution in [0.25, 0.3) is 42.3 Å². The average Bonchev–Trinajstić information content (AvgIpc) is 2.98. The Labute approximate surface area is 137 Å². The summed E-state index contributed by atoms with van der Waals surface area (Å²) in [5.74, 6) is 0. The number of thiophene rings is 1. The Morgan fingerprint density at radius 1 is 0.652 bits per heavy atom. The molecule has 0 fully saturated rings. The summed E-state index contributed by atoms with van der Waals surface area (Å²) in [6, 6.07) is 27.7. The van der Waals surface area contributed by atoms with E-state index in [4.69, 9.17) is 4.98 Å². The van der Waals surface area contributed by atoms with Gasteiger partial charge in [-0.2, -0.15) is 0 Å². The first-order valence-corrected chi connectivity index (χ1v) is 8.49. The number of fused-ring (bicyclic) bond motifs is 4. The van der Waals surface area contributed by atoms with E-state index in [9.17, 15) is 0 Å². The first kappa shape index (κ1) is 12.8. The number of para-hydroxylation sites is 1. The standard InChI is InChI=1S/C21H13NS/c1-2-8-14(9-3-1)19-15-10-4-6-12-17(15)22-21-20(19)16-11-5-7-13-18(16)23-21/h1-13H. The van der Waals surface area contributed by atoms with Gasteiger partial charge < -0.3 is 0 Å². The fourth-order valence-electron chi connectivity index (χ4n) is 3.28. The Morgan fingerprint density at radius 2 is 1.35 bits per heavy atom. The van der Waals surface area contributed by atoms with Gasteiger partial charge in [-0.1, -0.05) is 66.7 Å². The van der Waals surface area contributed by atoms with Gasteiger partial charge >= 0.3 is 0 Å². The molecule has 2 heteroatoms. The van der Waals surface area contributed by atoms with Gasteiger partial charge in [-0.15, -0.1) is 11.3 Å². The van der Waals surface area contributed by atoms with E-state index in [0.717, 1.165) is 10.3 Å². The molecule has 5 rings (SSSR count). The molecule has 3 aromatic carbocycles. The molecule has 0 unspecified atom stereocenters. The van der Waals surface area contributed by atoms with E-state index in [-0.39, 0.29) is 0 Å². The van der Waals surface area contributed by atoms with Gasteiger partial charge in [-0.25, -0.2) is 4.98 Å². The molecular weight excluding hydrogens is 298 g/mol. The average molecular weight is 311 g/mol. The van der Waals surface area contributed by atoms with Crippen LogP contribution in [0.1, 0.15) is 0 Å². The van der Waals surface area contributed by atoms with Crippen molar-refractivity contribution in [2.75, 3.05) is 0 Å². The number of rotatable bonds is 1. The highest BCUT2D eigenvalue weighted by molar-refractivity contribution is 7.25. The molecule has 0 atom stereocenters. The molecule has 0 aliphatic rings. The van der Waals surface area contributed by atoms with E-state index >= 15 is 0 Å².